The Morgan fingerprint density at radius 1 is 1.11 bits per heavy atom. The standard InChI is InChI=1S/C12H13N5O.ClH/c1-6-4-5-7-9(14-11(13-7)17(2)3)10-8(6)15-12(18)16-10;/h4-5H,1-3H3,(H2,15,16,18);1H. The van der Waals surface area contributed by atoms with E-state index in [1.165, 1.54) is 0 Å². The van der Waals surface area contributed by atoms with E-state index < -0.39 is 0 Å². The summed E-state index contributed by atoms with van der Waals surface area (Å²) in [5.41, 5.74) is 3.72. The number of nitrogens with zero attached hydrogens (tertiary/aromatic N) is 3. The molecule has 3 rings (SSSR count). The highest BCUT2D eigenvalue weighted by atomic mass is 35.5. The molecule has 1 aromatic heterocycles. The minimum atomic E-state index is -0.227. The molecule has 0 spiro atoms. The van der Waals surface area contributed by atoms with Gasteiger partial charge in [-0.05, 0) is 18.6 Å². The summed E-state index contributed by atoms with van der Waals surface area (Å²) in [6.45, 7) is 1.94. The van der Waals surface area contributed by atoms with Crippen LogP contribution in [0.5, 0.6) is 0 Å². The second-order valence-electron chi connectivity index (χ2n) is 4.50. The van der Waals surface area contributed by atoms with Crippen molar-refractivity contribution in [1.82, 2.24) is 19.9 Å². The van der Waals surface area contributed by atoms with Crippen molar-refractivity contribution in [2.75, 3.05) is 19.0 Å². The van der Waals surface area contributed by atoms with E-state index in [1.807, 2.05) is 38.1 Å². The summed E-state index contributed by atoms with van der Waals surface area (Å²) in [4.78, 5) is 27.8. The van der Waals surface area contributed by atoms with Gasteiger partial charge in [-0.1, -0.05) is 6.07 Å². The molecule has 100 valence electrons. The second kappa shape index (κ2) is 4.55. The number of aromatic nitrogens is 4. The summed E-state index contributed by atoms with van der Waals surface area (Å²) in [6, 6.07) is 3.85. The number of nitrogens with one attached hydrogen (secondary N) is 2. The predicted molar refractivity (Wildman–Crippen MR) is 77.4 cm³/mol. The van der Waals surface area contributed by atoms with E-state index in [-0.39, 0.29) is 18.1 Å². The van der Waals surface area contributed by atoms with Gasteiger partial charge in [-0.15, -0.1) is 12.4 Å². The van der Waals surface area contributed by atoms with Crippen LogP contribution in [0.3, 0.4) is 0 Å². The molecule has 1 aliphatic heterocycles. The van der Waals surface area contributed by atoms with E-state index in [4.69, 9.17) is 0 Å². The van der Waals surface area contributed by atoms with Crippen LogP contribution in [0, 0.1) is 6.92 Å². The van der Waals surface area contributed by atoms with Gasteiger partial charge in [-0.25, -0.2) is 14.8 Å². The molecule has 0 bridgehead atoms. The monoisotopic (exact) mass is 279 g/mol. The van der Waals surface area contributed by atoms with E-state index in [0.717, 1.165) is 16.8 Å². The maximum atomic E-state index is 11.5. The molecule has 0 saturated carbocycles. The Hall–Kier alpha value is -2.08. The first-order valence-electron chi connectivity index (χ1n) is 5.63. The van der Waals surface area contributed by atoms with Crippen molar-refractivity contribution in [3.8, 4) is 11.4 Å². The number of anilines is 1. The molecule has 2 N–H and O–H groups in total. The second-order valence-corrected chi connectivity index (χ2v) is 4.50. The largest absolute Gasteiger partial charge is 0.347 e. The molecule has 0 atom stereocenters. The lowest BCUT2D eigenvalue weighted by atomic mass is 10.3. The molecule has 2 aliphatic rings. The lowest BCUT2D eigenvalue weighted by Gasteiger charge is -2.03. The first-order chi connectivity index (χ1) is 8.56. The fraction of sp³-hybridized carbons (Fsp3) is 0.250. The van der Waals surface area contributed by atoms with Crippen LogP contribution in [-0.4, -0.2) is 34.0 Å². The van der Waals surface area contributed by atoms with Gasteiger partial charge in [0.25, 0.3) is 0 Å². The highest BCUT2D eigenvalue weighted by Gasteiger charge is 2.16. The highest BCUT2D eigenvalue weighted by molar-refractivity contribution is 5.91. The molecule has 0 aromatic carbocycles. The number of hydrogen-bond donors (Lipinski definition) is 2. The van der Waals surface area contributed by atoms with Gasteiger partial charge < -0.3 is 14.9 Å². The van der Waals surface area contributed by atoms with Crippen molar-refractivity contribution in [2.45, 2.75) is 6.92 Å². The number of H-pyrrole nitrogens is 2. The van der Waals surface area contributed by atoms with Crippen LogP contribution in [0.25, 0.3) is 22.4 Å². The average Bonchev–Trinajstić information content (AvgIpc) is 2.86. The Labute approximate surface area is 115 Å². The Morgan fingerprint density at radius 2 is 1.79 bits per heavy atom. The summed E-state index contributed by atoms with van der Waals surface area (Å²) in [5.74, 6) is 0.636. The van der Waals surface area contributed by atoms with Crippen molar-refractivity contribution in [2.24, 2.45) is 0 Å². The van der Waals surface area contributed by atoms with Crippen LogP contribution in [0.15, 0.2) is 16.9 Å². The molecule has 0 fully saturated rings. The summed E-state index contributed by atoms with van der Waals surface area (Å²) in [7, 11) is 3.77. The topological polar surface area (TPSA) is 77.7 Å². The number of hydrogen-bond acceptors (Lipinski definition) is 4. The SMILES string of the molecule is Cc1ccc2nc(N(C)C)nc-2c2[nH]c(=O)[nH]c12.Cl. The summed E-state index contributed by atoms with van der Waals surface area (Å²) in [6.07, 6.45) is 0. The normalized spacial score (nSPS) is 10.7. The molecular formula is C12H14ClN5O. The number of fused-ring (bicyclic) bond motifs is 3. The van der Waals surface area contributed by atoms with Crippen LogP contribution >= 0.6 is 12.4 Å². The van der Waals surface area contributed by atoms with Gasteiger partial charge in [-0.2, -0.15) is 0 Å². The zero-order valence-electron chi connectivity index (χ0n) is 10.8. The van der Waals surface area contributed by atoms with Gasteiger partial charge in [0.15, 0.2) is 0 Å². The van der Waals surface area contributed by atoms with Crippen LogP contribution in [0.4, 0.5) is 5.95 Å². The van der Waals surface area contributed by atoms with Crippen molar-refractivity contribution < 1.29 is 0 Å². The number of aromatic amines is 2. The number of halogens is 1. The third-order valence-corrected chi connectivity index (χ3v) is 2.92. The Bertz CT molecular complexity index is 761. The molecule has 0 amide bonds. The third kappa shape index (κ3) is 2.04. The number of aryl methyl sites for hydroxylation is 1. The van der Waals surface area contributed by atoms with Crippen molar-refractivity contribution in [3.05, 3.63) is 28.2 Å². The quantitative estimate of drug-likeness (QED) is 0.708. The number of imidazole rings is 2. The van der Waals surface area contributed by atoms with Gasteiger partial charge >= 0.3 is 5.69 Å². The molecule has 0 unspecified atom stereocenters. The molecule has 1 aromatic rings. The minimum Gasteiger partial charge on any atom is -0.347 e. The first-order valence-corrected chi connectivity index (χ1v) is 5.63. The van der Waals surface area contributed by atoms with Crippen molar-refractivity contribution in [3.63, 3.8) is 0 Å². The van der Waals surface area contributed by atoms with Crippen LogP contribution in [-0.2, 0) is 0 Å². The number of rotatable bonds is 1. The zero-order chi connectivity index (χ0) is 12.9. The molecule has 1 aliphatic carbocycles. The fourth-order valence-electron chi connectivity index (χ4n) is 1.99. The lowest BCUT2D eigenvalue weighted by molar-refractivity contribution is 1.04. The summed E-state index contributed by atoms with van der Waals surface area (Å²) in [5, 5.41) is 0. The average molecular weight is 280 g/mol. The highest BCUT2D eigenvalue weighted by Crippen LogP contribution is 2.28. The molecule has 0 saturated heterocycles. The molecule has 7 heteroatoms. The fourth-order valence-corrected chi connectivity index (χ4v) is 1.99. The molecule has 0 radical (unpaired) electrons. The van der Waals surface area contributed by atoms with Gasteiger partial charge in [0.05, 0.1) is 16.7 Å². The van der Waals surface area contributed by atoms with Crippen LogP contribution in [0.2, 0.25) is 0 Å². The first kappa shape index (κ1) is 13.4. The summed E-state index contributed by atoms with van der Waals surface area (Å²) >= 11 is 0. The van der Waals surface area contributed by atoms with Crippen LogP contribution < -0.4 is 10.6 Å². The van der Waals surface area contributed by atoms with Gasteiger partial charge in [0.2, 0.25) is 5.95 Å². The van der Waals surface area contributed by atoms with Gasteiger partial charge in [-0.3, -0.25) is 0 Å². The summed E-state index contributed by atoms with van der Waals surface area (Å²) < 4.78 is 0. The molecule has 19 heavy (non-hydrogen) atoms. The van der Waals surface area contributed by atoms with E-state index in [9.17, 15) is 4.79 Å². The van der Waals surface area contributed by atoms with E-state index in [0.29, 0.717) is 17.2 Å². The van der Waals surface area contributed by atoms with E-state index in [2.05, 4.69) is 19.9 Å². The zero-order valence-corrected chi connectivity index (χ0v) is 11.6. The molecular weight excluding hydrogens is 266 g/mol. The molecule has 6 nitrogen and oxygen atoms in total. The van der Waals surface area contributed by atoms with E-state index >= 15 is 0 Å². The lowest BCUT2D eigenvalue weighted by Crippen LogP contribution is -2.09. The Balaban J connectivity index is 0.00000133. The van der Waals surface area contributed by atoms with Crippen molar-refractivity contribution in [1.29, 1.82) is 0 Å². The van der Waals surface area contributed by atoms with E-state index in [1.54, 1.807) is 0 Å². The smallest absolute Gasteiger partial charge is 0.323 e. The van der Waals surface area contributed by atoms with Gasteiger partial charge in [0.1, 0.15) is 5.69 Å². The maximum Gasteiger partial charge on any atom is 0.323 e. The Morgan fingerprint density at radius 3 is 2.47 bits per heavy atom. The van der Waals surface area contributed by atoms with Crippen LogP contribution in [0.1, 0.15) is 5.56 Å². The maximum absolute atomic E-state index is 11.5. The van der Waals surface area contributed by atoms with Gasteiger partial charge in [0, 0.05) is 14.1 Å². The predicted octanol–water partition coefficient (Wildman–Crippen LogP) is 1.55. The third-order valence-electron chi connectivity index (χ3n) is 2.92. The van der Waals surface area contributed by atoms with Crippen molar-refractivity contribution >= 4 is 29.4 Å². The Kier molecular flexibility index (Phi) is 3.20. The molecule has 2 heterocycles. The minimum absolute atomic E-state index is 0.